The van der Waals surface area contributed by atoms with Gasteiger partial charge in [0.1, 0.15) is 6.04 Å². The molecule has 184 valence electrons. The predicted octanol–water partition coefficient (Wildman–Crippen LogP) is 4.18. The van der Waals surface area contributed by atoms with Crippen LogP contribution < -0.4 is 4.90 Å². The number of hydrogen-bond donors (Lipinski definition) is 1. The fourth-order valence-electron chi connectivity index (χ4n) is 5.81. The molecule has 2 fully saturated rings. The molecule has 2 saturated heterocycles. The Labute approximate surface area is 207 Å². The standard InChI is InChI=1S/C28H35N5O2/c1-20(27(34)32-17-10-22(11-18-32)21-8-15-31(2)16-9-21)33(25-6-12-29-13-7-25)28(35)24-4-3-23-5-14-30-26(23)19-24/h3-7,12-14,19-22,30H,8-11,15-18H2,1-2H3/t20-/m1/s1. The molecule has 2 aliphatic heterocycles. The molecule has 4 heterocycles. The number of carbonyl (C=O) groups excluding carboxylic acids is 2. The van der Waals surface area contributed by atoms with Crippen molar-refractivity contribution in [2.75, 3.05) is 38.1 Å². The number of fused-ring (bicyclic) bond motifs is 1. The molecule has 1 N–H and O–H groups in total. The molecule has 0 radical (unpaired) electrons. The van der Waals surface area contributed by atoms with Crippen LogP contribution in [0.4, 0.5) is 5.69 Å². The van der Waals surface area contributed by atoms with Gasteiger partial charge in [-0.05, 0) is 100 Å². The average Bonchev–Trinajstić information content (AvgIpc) is 3.37. The molecule has 5 rings (SSSR count). The quantitative estimate of drug-likeness (QED) is 0.604. The molecule has 7 nitrogen and oxygen atoms in total. The minimum absolute atomic E-state index is 0.0120. The van der Waals surface area contributed by atoms with Gasteiger partial charge in [-0.3, -0.25) is 19.5 Å². The van der Waals surface area contributed by atoms with Crippen LogP contribution in [0.3, 0.4) is 0 Å². The smallest absolute Gasteiger partial charge is 0.259 e. The third-order valence-corrected chi connectivity index (χ3v) is 7.99. The summed E-state index contributed by atoms with van der Waals surface area (Å²) in [5.74, 6) is 1.31. The SMILES string of the molecule is C[C@H](C(=O)N1CCC(C2CCN(C)CC2)CC1)N(C(=O)c1ccc2cc[nH]c2c1)c1ccncc1. The highest BCUT2D eigenvalue weighted by molar-refractivity contribution is 6.11. The molecule has 3 aromatic rings. The van der Waals surface area contributed by atoms with Crippen molar-refractivity contribution in [3.8, 4) is 0 Å². The van der Waals surface area contributed by atoms with E-state index in [4.69, 9.17) is 0 Å². The normalized spacial score (nSPS) is 19.1. The van der Waals surface area contributed by atoms with Crippen molar-refractivity contribution in [3.05, 3.63) is 60.6 Å². The van der Waals surface area contributed by atoms with Crippen LogP contribution in [-0.2, 0) is 4.79 Å². The first kappa shape index (κ1) is 23.5. The maximum atomic E-state index is 13.7. The van der Waals surface area contributed by atoms with E-state index >= 15 is 0 Å². The van der Waals surface area contributed by atoms with Crippen LogP contribution in [0, 0.1) is 11.8 Å². The van der Waals surface area contributed by atoms with E-state index in [-0.39, 0.29) is 11.8 Å². The van der Waals surface area contributed by atoms with Crippen molar-refractivity contribution < 1.29 is 9.59 Å². The number of pyridine rings is 1. The van der Waals surface area contributed by atoms with Gasteiger partial charge in [0.25, 0.3) is 5.91 Å². The molecule has 0 saturated carbocycles. The van der Waals surface area contributed by atoms with E-state index in [0.717, 1.165) is 42.8 Å². The summed E-state index contributed by atoms with van der Waals surface area (Å²) < 4.78 is 0. The molecular formula is C28H35N5O2. The minimum atomic E-state index is -0.607. The zero-order chi connectivity index (χ0) is 24.4. The number of piperidine rings is 2. The van der Waals surface area contributed by atoms with E-state index < -0.39 is 6.04 Å². The lowest BCUT2D eigenvalue weighted by Crippen LogP contribution is -2.52. The number of amides is 2. The summed E-state index contributed by atoms with van der Waals surface area (Å²) in [4.78, 5) is 40.7. The Balaban J connectivity index is 1.31. The molecule has 2 amide bonds. The van der Waals surface area contributed by atoms with Gasteiger partial charge in [0.05, 0.1) is 0 Å². The minimum Gasteiger partial charge on any atom is -0.361 e. The summed E-state index contributed by atoms with van der Waals surface area (Å²) in [6.45, 7) is 5.74. The second-order valence-electron chi connectivity index (χ2n) is 10.1. The first-order chi connectivity index (χ1) is 17.0. The van der Waals surface area contributed by atoms with Gasteiger partial charge in [0.2, 0.25) is 5.91 Å². The summed E-state index contributed by atoms with van der Waals surface area (Å²) in [5, 5.41) is 1.05. The highest BCUT2D eigenvalue weighted by atomic mass is 16.2. The van der Waals surface area contributed by atoms with Crippen molar-refractivity contribution in [3.63, 3.8) is 0 Å². The van der Waals surface area contributed by atoms with Crippen LogP contribution in [0.15, 0.2) is 55.0 Å². The number of H-pyrrole nitrogens is 1. The first-order valence-corrected chi connectivity index (χ1v) is 12.8. The van der Waals surface area contributed by atoms with Crippen LogP contribution in [0.2, 0.25) is 0 Å². The Kier molecular flexibility index (Phi) is 6.86. The largest absolute Gasteiger partial charge is 0.361 e. The Morgan fingerprint density at radius 1 is 0.971 bits per heavy atom. The van der Waals surface area contributed by atoms with Crippen molar-refractivity contribution in [1.29, 1.82) is 0 Å². The van der Waals surface area contributed by atoms with Crippen molar-refractivity contribution in [1.82, 2.24) is 19.8 Å². The Morgan fingerprint density at radius 2 is 1.63 bits per heavy atom. The first-order valence-electron chi connectivity index (χ1n) is 12.8. The van der Waals surface area contributed by atoms with Crippen LogP contribution in [-0.4, -0.2) is 70.9 Å². The zero-order valence-corrected chi connectivity index (χ0v) is 20.7. The number of nitrogens with one attached hydrogen (secondary N) is 1. The van der Waals surface area contributed by atoms with E-state index in [9.17, 15) is 9.59 Å². The van der Waals surface area contributed by atoms with Gasteiger partial charge in [0.15, 0.2) is 0 Å². The molecule has 7 heteroatoms. The predicted molar refractivity (Wildman–Crippen MR) is 138 cm³/mol. The third kappa shape index (κ3) is 4.96. The lowest BCUT2D eigenvalue weighted by molar-refractivity contribution is -0.133. The summed E-state index contributed by atoms with van der Waals surface area (Å²) in [7, 11) is 2.20. The molecule has 0 unspecified atom stereocenters. The van der Waals surface area contributed by atoms with Crippen molar-refractivity contribution in [2.24, 2.45) is 11.8 Å². The Bertz CT molecular complexity index is 1160. The molecule has 2 aromatic heterocycles. The van der Waals surface area contributed by atoms with E-state index in [1.165, 1.54) is 25.9 Å². The second kappa shape index (κ2) is 10.2. The number of rotatable bonds is 5. The Morgan fingerprint density at radius 3 is 2.31 bits per heavy atom. The number of nitrogens with zero attached hydrogens (tertiary/aromatic N) is 4. The molecule has 35 heavy (non-hydrogen) atoms. The molecule has 1 atom stereocenters. The number of hydrogen-bond acceptors (Lipinski definition) is 4. The molecule has 0 bridgehead atoms. The van der Waals surface area contributed by atoms with Gasteiger partial charge in [-0.1, -0.05) is 6.07 Å². The van der Waals surface area contributed by atoms with Gasteiger partial charge in [0, 0.05) is 48.4 Å². The lowest BCUT2D eigenvalue weighted by atomic mass is 9.79. The molecular weight excluding hydrogens is 438 g/mol. The lowest BCUT2D eigenvalue weighted by Gasteiger charge is -2.41. The summed E-state index contributed by atoms with van der Waals surface area (Å²) in [6, 6.07) is 10.6. The third-order valence-electron chi connectivity index (χ3n) is 7.99. The maximum absolute atomic E-state index is 13.7. The fraction of sp³-hybridized carbons (Fsp3) is 0.464. The van der Waals surface area contributed by atoms with Gasteiger partial charge in [-0.2, -0.15) is 0 Å². The van der Waals surface area contributed by atoms with Gasteiger partial charge >= 0.3 is 0 Å². The van der Waals surface area contributed by atoms with Crippen LogP contribution in [0.1, 0.15) is 43.0 Å². The van der Waals surface area contributed by atoms with E-state index in [1.807, 2.05) is 42.3 Å². The van der Waals surface area contributed by atoms with Gasteiger partial charge in [-0.25, -0.2) is 0 Å². The maximum Gasteiger partial charge on any atom is 0.259 e. The van der Waals surface area contributed by atoms with Crippen LogP contribution >= 0.6 is 0 Å². The van der Waals surface area contributed by atoms with Crippen molar-refractivity contribution >= 4 is 28.4 Å². The second-order valence-corrected chi connectivity index (χ2v) is 10.1. The average molecular weight is 474 g/mol. The van der Waals surface area contributed by atoms with Gasteiger partial charge in [-0.15, -0.1) is 0 Å². The highest BCUT2D eigenvalue weighted by Gasteiger charge is 2.35. The molecule has 0 spiro atoms. The monoisotopic (exact) mass is 473 g/mol. The molecule has 2 aliphatic rings. The zero-order valence-electron chi connectivity index (χ0n) is 20.7. The summed E-state index contributed by atoms with van der Waals surface area (Å²) in [5.41, 5.74) is 2.14. The number of aromatic amines is 1. The summed E-state index contributed by atoms with van der Waals surface area (Å²) >= 11 is 0. The topological polar surface area (TPSA) is 72.5 Å². The van der Waals surface area contributed by atoms with E-state index in [2.05, 4.69) is 21.9 Å². The highest BCUT2D eigenvalue weighted by Crippen LogP contribution is 2.33. The number of likely N-dealkylation sites (tertiary alicyclic amines) is 2. The van der Waals surface area contributed by atoms with Crippen LogP contribution in [0.25, 0.3) is 10.9 Å². The van der Waals surface area contributed by atoms with E-state index in [1.54, 1.807) is 29.4 Å². The van der Waals surface area contributed by atoms with Crippen LogP contribution in [0.5, 0.6) is 0 Å². The molecule has 1 aromatic carbocycles. The fourth-order valence-corrected chi connectivity index (χ4v) is 5.81. The number of aromatic nitrogens is 2. The molecule has 0 aliphatic carbocycles. The van der Waals surface area contributed by atoms with E-state index in [0.29, 0.717) is 17.2 Å². The van der Waals surface area contributed by atoms with Crippen molar-refractivity contribution in [2.45, 2.75) is 38.6 Å². The summed E-state index contributed by atoms with van der Waals surface area (Å²) in [6.07, 6.45) is 9.82. The Hall–Kier alpha value is -3.19. The number of benzene rings is 1. The number of anilines is 1. The number of carbonyl (C=O) groups is 2. The van der Waals surface area contributed by atoms with Gasteiger partial charge < -0.3 is 14.8 Å².